The lowest BCUT2D eigenvalue weighted by Crippen LogP contribution is -2.32. The van der Waals surface area contributed by atoms with Crippen molar-refractivity contribution >= 4 is 39.1 Å². The molecule has 1 aromatic heterocycles. The predicted molar refractivity (Wildman–Crippen MR) is 73.6 cm³/mol. The van der Waals surface area contributed by atoms with Crippen molar-refractivity contribution in [2.75, 3.05) is 5.32 Å². The first-order valence-electron chi connectivity index (χ1n) is 6.01. The van der Waals surface area contributed by atoms with Gasteiger partial charge in [-0.15, -0.1) is 0 Å². The molecule has 3 unspecified atom stereocenters. The third-order valence-corrected chi connectivity index (χ3v) is 4.83. The van der Waals surface area contributed by atoms with Crippen molar-refractivity contribution in [3.8, 4) is 0 Å². The maximum absolute atomic E-state index is 12.2. The average molecular weight is 331 g/mol. The number of carbonyl (C=O) groups excluding carboxylic acids is 1. The minimum absolute atomic E-state index is 0.0747. The fraction of sp³-hybridized carbons (Fsp3) is 0.500. The lowest BCUT2D eigenvalue weighted by atomic mass is 9.88. The molecule has 18 heavy (non-hydrogen) atoms. The highest BCUT2D eigenvalue weighted by Crippen LogP contribution is 2.34. The Morgan fingerprint density at radius 3 is 3.00 bits per heavy atom. The third kappa shape index (κ3) is 2.27. The fourth-order valence-electron chi connectivity index (χ4n) is 2.84. The van der Waals surface area contributed by atoms with Gasteiger partial charge in [-0.2, -0.15) is 0 Å². The summed E-state index contributed by atoms with van der Waals surface area (Å²) < 4.78 is 0.688. The highest BCUT2D eigenvalue weighted by atomic mass is 79.9. The Morgan fingerprint density at radius 2 is 2.39 bits per heavy atom. The zero-order valence-electron chi connectivity index (χ0n) is 9.62. The molecule has 2 bridgehead atoms. The zero-order valence-corrected chi connectivity index (χ0v) is 12.0. The Morgan fingerprint density at radius 1 is 1.56 bits per heavy atom. The van der Waals surface area contributed by atoms with Gasteiger partial charge in [0, 0.05) is 12.1 Å². The number of halogens is 2. The quantitative estimate of drug-likeness (QED) is 0.820. The monoisotopic (exact) mass is 329 g/mol. The van der Waals surface area contributed by atoms with Gasteiger partial charge < -0.3 is 10.6 Å². The molecular formula is C12H13BrClN3O. The Kier molecular flexibility index (Phi) is 3.30. The van der Waals surface area contributed by atoms with Gasteiger partial charge in [-0.1, -0.05) is 11.6 Å². The second-order valence-electron chi connectivity index (χ2n) is 4.88. The minimum atomic E-state index is 0.0747. The molecule has 0 spiro atoms. The van der Waals surface area contributed by atoms with E-state index in [4.69, 9.17) is 11.6 Å². The molecule has 1 amide bonds. The number of carbonyl (C=O) groups is 1. The predicted octanol–water partition coefficient (Wildman–Crippen LogP) is 2.58. The van der Waals surface area contributed by atoms with Gasteiger partial charge in [0.2, 0.25) is 5.91 Å². The van der Waals surface area contributed by atoms with Crippen LogP contribution >= 0.6 is 27.5 Å². The molecule has 2 aliphatic heterocycles. The third-order valence-electron chi connectivity index (χ3n) is 3.70. The van der Waals surface area contributed by atoms with Crippen molar-refractivity contribution in [2.45, 2.75) is 31.3 Å². The second kappa shape index (κ2) is 4.79. The molecule has 0 aliphatic carbocycles. The largest absolute Gasteiger partial charge is 0.324 e. The first-order valence-corrected chi connectivity index (χ1v) is 7.18. The van der Waals surface area contributed by atoms with E-state index in [2.05, 4.69) is 31.5 Å². The van der Waals surface area contributed by atoms with Crippen LogP contribution in [0.25, 0.3) is 0 Å². The number of hydrogen-bond acceptors (Lipinski definition) is 3. The van der Waals surface area contributed by atoms with Gasteiger partial charge in [-0.25, -0.2) is 4.98 Å². The normalized spacial score (nSPS) is 29.6. The molecule has 2 saturated heterocycles. The highest BCUT2D eigenvalue weighted by Gasteiger charge is 2.42. The van der Waals surface area contributed by atoms with Crippen LogP contribution in [0.4, 0.5) is 5.69 Å². The summed E-state index contributed by atoms with van der Waals surface area (Å²) in [5, 5.41) is 6.76. The number of anilines is 1. The van der Waals surface area contributed by atoms with Crippen LogP contribution in [0.2, 0.25) is 5.15 Å². The number of aromatic nitrogens is 1. The number of nitrogens with zero attached hydrogens (tertiary/aromatic N) is 1. The van der Waals surface area contributed by atoms with E-state index in [9.17, 15) is 4.79 Å². The molecule has 96 valence electrons. The van der Waals surface area contributed by atoms with Crippen LogP contribution < -0.4 is 10.6 Å². The van der Waals surface area contributed by atoms with E-state index < -0.39 is 0 Å². The van der Waals surface area contributed by atoms with Crippen LogP contribution in [0, 0.1) is 5.92 Å². The number of nitrogens with one attached hydrogen (secondary N) is 2. The van der Waals surface area contributed by atoms with Crippen molar-refractivity contribution in [3.05, 3.63) is 21.9 Å². The van der Waals surface area contributed by atoms with E-state index in [0.717, 1.165) is 12.8 Å². The lowest BCUT2D eigenvalue weighted by Gasteiger charge is -2.19. The number of fused-ring (bicyclic) bond motifs is 2. The van der Waals surface area contributed by atoms with E-state index in [-0.39, 0.29) is 11.8 Å². The van der Waals surface area contributed by atoms with Gasteiger partial charge in [-0.3, -0.25) is 4.79 Å². The van der Waals surface area contributed by atoms with Crippen LogP contribution in [-0.4, -0.2) is 23.0 Å². The lowest BCUT2D eigenvalue weighted by molar-refractivity contribution is -0.120. The maximum atomic E-state index is 12.2. The fourth-order valence-corrected chi connectivity index (χ4v) is 3.29. The van der Waals surface area contributed by atoms with E-state index in [1.807, 2.05) is 0 Å². The van der Waals surface area contributed by atoms with Crippen LogP contribution in [0.15, 0.2) is 16.7 Å². The van der Waals surface area contributed by atoms with E-state index in [1.165, 1.54) is 6.42 Å². The van der Waals surface area contributed by atoms with Gasteiger partial charge in [0.25, 0.3) is 0 Å². The molecule has 2 N–H and O–H groups in total. The Bertz CT molecular complexity index is 496. The number of rotatable bonds is 2. The van der Waals surface area contributed by atoms with Crippen molar-refractivity contribution in [2.24, 2.45) is 5.92 Å². The Hall–Kier alpha value is -0.650. The summed E-state index contributed by atoms with van der Waals surface area (Å²) in [6.45, 7) is 0. The van der Waals surface area contributed by atoms with Crippen LogP contribution in [0.3, 0.4) is 0 Å². The molecular weight excluding hydrogens is 318 g/mol. The SMILES string of the molecule is O=C(Nc1cnc(Cl)c(Br)c1)C1CC2CCC1N2. The molecule has 3 heterocycles. The first kappa shape index (κ1) is 12.4. The molecule has 3 atom stereocenters. The Labute approximate surface area is 119 Å². The summed E-state index contributed by atoms with van der Waals surface area (Å²) in [7, 11) is 0. The average Bonchev–Trinajstić information content (AvgIpc) is 2.96. The van der Waals surface area contributed by atoms with Crippen LogP contribution in [0.1, 0.15) is 19.3 Å². The van der Waals surface area contributed by atoms with Crippen molar-refractivity contribution < 1.29 is 4.79 Å². The summed E-state index contributed by atoms with van der Waals surface area (Å²) in [5.74, 6) is 0.156. The Balaban J connectivity index is 1.69. The summed E-state index contributed by atoms with van der Waals surface area (Å²) in [6.07, 6.45) is 4.82. The molecule has 4 nitrogen and oxygen atoms in total. The highest BCUT2D eigenvalue weighted by molar-refractivity contribution is 9.10. The van der Waals surface area contributed by atoms with Gasteiger partial charge in [0.05, 0.1) is 22.3 Å². The first-order chi connectivity index (χ1) is 8.63. The van der Waals surface area contributed by atoms with Gasteiger partial charge >= 0.3 is 0 Å². The molecule has 0 radical (unpaired) electrons. The van der Waals surface area contributed by atoms with E-state index in [1.54, 1.807) is 12.3 Å². The smallest absolute Gasteiger partial charge is 0.229 e. The standard InChI is InChI=1S/C12H13BrClN3O/c13-9-4-7(5-15-11(9)14)17-12(18)8-3-6-1-2-10(8)16-6/h4-6,8,10,16H,1-3H2,(H,17,18). The number of pyridine rings is 1. The minimum Gasteiger partial charge on any atom is -0.324 e. The van der Waals surface area contributed by atoms with Gasteiger partial charge in [-0.05, 0) is 41.3 Å². The van der Waals surface area contributed by atoms with Crippen molar-refractivity contribution in [1.29, 1.82) is 0 Å². The zero-order chi connectivity index (χ0) is 12.7. The van der Waals surface area contributed by atoms with Crippen LogP contribution in [0.5, 0.6) is 0 Å². The molecule has 2 aliphatic rings. The molecule has 3 rings (SSSR count). The van der Waals surface area contributed by atoms with Gasteiger partial charge in [0.15, 0.2) is 0 Å². The summed E-state index contributed by atoms with van der Waals surface area (Å²) in [5.41, 5.74) is 0.680. The molecule has 6 heteroatoms. The van der Waals surface area contributed by atoms with Gasteiger partial charge in [0.1, 0.15) is 5.15 Å². The second-order valence-corrected chi connectivity index (χ2v) is 6.09. The van der Waals surface area contributed by atoms with E-state index >= 15 is 0 Å². The van der Waals surface area contributed by atoms with E-state index in [0.29, 0.717) is 27.4 Å². The summed E-state index contributed by atoms with van der Waals surface area (Å²) >= 11 is 9.11. The molecule has 0 aromatic carbocycles. The van der Waals surface area contributed by atoms with Crippen molar-refractivity contribution in [1.82, 2.24) is 10.3 Å². The number of amides is 1. The molecule has 0 saturated carbocycles. The summed E-state index contributed by atoms with van der Waals surface area (Å²) in [4.78, 5) is 16.2. The topological polar surface area (TPSA) is 54.0 Å². The number of hydrogen-bond donors (Lipinski definition) is 2. The summed E-state index contributed by atoms with van der Waals surface area (Å²) in [6, 6.07) is 2.65. The molecule has 1 aromatic rings. The van der Waals surface area contributed by atoms with Crippen LogP contribution in [-0.2, 0) is 4.79 Å². The molecule has 2 fully saturated rings. The van der Waals surface area contributed by atoms with Crippen molar-refractivity contribution in [3.63, 3.8) is 0 Å². The maximum Gasteiger partial charge on any atom is 0.229 e.